The lowest BCUT2D eigenvalue weighted by atomic mass is 10.0. The number of Topliss-reactive ketones (excluding diaryl/α,β-unsaturated/α-hetero) is 1. The molecule has 0 aromatic heterocycles. The molecule has 1 rings (SSSR count). The van der Waals surface area contributed by atoms with Gasteiger partial charge in [-0.25, -0.2) is 4.39 Å². The Morgan fingerprint density at radius 1 is 1.57 bits per heavy atom. The smallest absolute Gasteiger partial charge is 0.164 e. The van der Waals surface area contributed by atoms with Crippen LogP contribution in [-0.2, 0) is 0 Å². The number of nitriles is 1. The van der Waals surface area contributed by atoms with Crippen molar-refractivity contribution in [3.63, 3.8) is 0 Å². The molecule has 0 saturated heterocycles. The standard InChI is InChI=1S/C10H8FNO2/c1-6(13)10-7(5-12)3-8(14-2)4-9(10)11/h3-4H,1-2H3. The summed E-state index contributed by atoms with van der Waals surface area (Å²) in [4.78, 5) is 11.0. The summed E-state index contributed by atoms with van der Waals surface area (Å²) in [5, 5.41) is 8.69. The van der Waals surface area contributed by atoms with E-state index in [4.69, 9.17) is 10.00 Å². The van der Waals surface area contributed by atoms with E-state index in [0.29, 0.717) is 0 Å². The Morgan fingerprint density at radius 3 is 2.64 bits per heavy atom. The van der Waals surface area contributed by atoms with Crippen LogP contribution in [0.25, 0.3) is 0 Å². The number of nitrogens with zero attached hydrogens (tertiary/aromatic N) is 1. The summed E-state index contributed by atoms with van der Waals surface area (Å²) in [6.45, 7) is 1.21. The Morgan fingerprint density at radius 2 is 2.21 bits per heavy atom. The van der Waals surface area contributed by atoms with Crippen LogP contribution in [-0.4, -0.2) is 12.9 Å². The summed E-state index contributed by atoms with van der Waals surface area (Å²) >= 11 is 0. The first-order chi connectivity index (χ1) is 6.60. The van der Waals surface area contributed by atoms with Crippen molar-refractivity contribution in [1.82, 2.24) is 0 Å². The molecule has 0 bridgehead atoms. The van der Waals surface area contributed by atoms with Gasteiger partial charge in [0.25, 0.3) is 0 Å². The van der Waals surface area contributed by atoms with Crippen molar-refractivity contribution in [2.45, 2.75) is 6.92 Å². The molecule has 0 N–H and O–H groups in total. The Bertz CT molecular complexity index is 421. The highest BCUT2D eigenvalue weighted by Gasteiger charge is 2.14. The molecule has 0 spiro atoms. The van der Waals surface area contributed by atoms with Gasteiger partial charge in [-0.15, -0.1) is 0 Å². The molecule has 14 heavy (non-hydrogen) atoms. The average molecular weight is 193 g/mol. The van der Waals surface area contributed by atoms with Crippen LogP contribution in [0.5, 0.6) is 5.75 Å². The topological polar surface area (TPSA) is 50.1 Å². The molecule has 0 fully saturated rings. The predicted octanol–water partition coefficient (Wildman–Crippen LogP) is 1.91. The van der Waals surface area contributed by atoms with Crippen molar-refractivity contribution >= 4 is 5.78 Å². The number of rotatable bonds is 2. The average Bonchev–Trinajstić information content (AvgIpc) is 2.15. The normalized spacial score (nSPS) is 9.29. The Balaban J connectivity index is 3.44. The van der Waals surface area contributed by atoms with E-state index in [1.54, 1.807) is 6.07 Å². The van der Waals surface area contributed by atoms with Crippen LogP contribution in [0.1, 0.15) is 22.8 Å². The first kappa shape index (κ1) is 10.2. The monoisotopic (exact) mass is 193 g/mol. The van der Waals surface area contributed by atoms with Crippen molar-refractivity contribution in [1.29, 1.82) is 5.26 Å². The number of carbonyl (C=O) groups excluding carboxylic acids is 1. The highest BCUT2D eigenvalue weighted by atomic mass is 19.1. The first-order valence-corrected chi connectivity index (χ1v) is 3.88. The second-order valence-electron chi connectivity index (χ2n) is 2.70. The summed E-state index contributed by atoms with van der Waals surface area (Å²) in [6, 6.07) is 4.17. The number of ketones is 1. The van der Waals surface area contributed by atoms with Crippen LogP contribution in [0.15, 0.2) is 12.1 Å². The molecular weight excluding hydrogens is 185 g/mol. The number of hydrogen-bond acceptors (Lipinski definition) is 3. The summed E-state index contributed by atoms with van der Waals surface area (Å²) in [6.07, 6.45) is 0. The van der Waals surface area contributed by atoms with E-state index in [-0.39, 0.29) is 16.9 Å². The molecule has 4 heteroatoms. The second-order valence-corrected chi connectivity index (χ2v) is 2.70. The van der Waals surface area contributed by atoms with Gasteiger partial charge in [-0.2, -0.15) is 5.26 Å². The summed E-state index contributed by atoms with van der Waals surface area (Å²) in [7, 11) is 1.36. The predicted molar refractivity (Wildman–Crippen MR) is 47.7 cm³/mol. The molecule has 3 nitrogen and oxygen atoms in total. The van der Waals surface area contributed by atoms with E-state index in [1.165, 1.54) is 20.1 Å². The maximum Gasteiger partial charge on any atom is 0.164 e. The Kier molecular flexibility index (Phi) is 2.82. The maximum absolute atomic E-state index is 13.3. The van der Waals surface area contributed by atoms with Gasteiger partial charge in [-0.1, -0.05) is 0 Å². The van der Waals surface area contributed by atoms with Crippen LogP contribution in [0.4, 0.5) is 4.39 Å². The van der Waals surface area contributed by atoms with Gasteiger partial charge in [0.2, 0.25) is 0 Å². The zero-order valence-corrected chi connectivity index (χ0v) is 7.80. The van der Waals surface area contributed by atoms with Crippen molar-refractivity contribution in [2.75, 3.05) is 7.11 Å². The van der Waals surface area contributed by atoms with Crippen molar-refractivity contribution < 1.29 is 13.9 Å². The molecule has 1 aromatic rings. The number of hydrogen-bond donors (Lipinski definition) is 0. The van der Waals surface area contributed by atoms with Crippen molar-refractivity contribution in [3.05, 3.63) is 29.1 Å². The fraction of sp³-hybridized carbons (Fsp3) is 0.200. The van der Waals surface area contributed by atoms with Crippen LogP contribution >= 0.6 is 0 Å². The lowest BCUT2D eigenvalue weighted by molar-refractivity contribution is 0.101. The molecule has 0 atom stereocenters. The van der Waals surface area contributed by atoms with E-state index >= 15 is 0 Å². The fourth-order valence-electron chi connectivity index (χ4n) is 1.15. The van der Waals surface area contributed by atoms with Crippen LogP contribution in [0.3, 0.4) is 0 Å². The van der Waals surface area contributed by atoms with E-state index in [9.17, 15) is 9.18 Å². The quantitative estimate of drug-likeness (QED) is 0.674. The molecule has 72 valence electrons. The molecule has 0 radical (unpaired) electrons. The number of halogens is 1. The third kappa shape index (κ3) is 1.72. The van der Waals surface area contributed by atoms with Gasteiger partial charge in [-0.3, -0.25) is 4.79 Å². The minimum atomic E-state index is -0.728. The van der Waals surface area contributed by atoms with Crippen molar-refractivity contribution in [2.24, 2.45) is 0 Å². The van der Waals surface area contributed by atoms with Gasteiger partial charge in [0, 0.05) is 6.07 Å². The minimum Gasteiger partial charge on any atom is -0.497 e. The third-order valence-electron chi connectivity index (χ3n) is 1.77. The van der Waals surface area contributed by atoms with Gasteiger partial charge in [0.05, 0.1) is 18.2 Å². The fourth-order valence-corrected chi connectivity index (χ4v) is 1.15. The maximum atomic E-state index is 13.3. The van der Waals surface area contributed by atoms with E-state index in [2.05, 4.69) is 0 Å². The molecule has 0 amide bonds. The molecule has 0 aliphatic rings. The number of methoxy groups -OCH3 is 1. The highest BCUT2D eigenvalue weighted by Crippen LogP contribution is 2.21. The molecule has 1 aromatic carbocycles. The van der Waals surface area contributed by atoms with E-state index in [1.807, 2.05) is 0 Å². The zero-order chi connectivity index (χ0) is 10.7. The largest absolute Gasteiger partial charge is 0.497 e. The molecular formula is C10H8FNO2. The molecule has 0 heterocycles. The minimum absolute atomic E-state index is 0.00523. The molecule has 0 aliphatic heterocycles. The van der Waals surface area contributed by atoms with Crippen LogP contribution in [0, 0.1) is 17.1 Å². The highest BCUT2D eigenvalue weighted by molar-refractivity contribution is 5.97. The number of carbonyl (C=O) groups is 1. The summed E-state index contributed by atoms with van der Waals surface area (Å²) in [5.41, 5.74) is -0.192. The lowest BCUT2D eigenvalue weighted by Gasteiger charge is -2.04. The Hall–Kier alpha value is -1.89. The van der Waals surface area contributed by atoms with Crippen LogP contribution in [0.2, 0.25) is 0 Å². The first-order valence-electron chi connectivity index (χ1n) is 3.88. The lowest BCUT2D eigenvalue weighted by Crippen LogP contribution is -2.02. The second kappa shape index (κ2) is 3.88. The van der Waals surface area contributed by atoms with Crippen LogP contribution < -0.4 is 4.74 Å². The summed E-state index contributed by atoms with van der Waals surface area (Å²) < 4.78 is 18.1. The van der Waals surface area contributed by atoms with Gasteiger partial charge < -0.3 is 4.74 Å². The van der Waals surface area contributed by atoms with Gasteiger partial charge in [0.1, 0.15) is 17.6 Å². The van der Waals surface area contributed by atoms with Crippen molar-refractivity contribution in [3.8, 4) is 11.8 Å². The molecule has 0 saturated carbocycles. The third-order valence-corrected chi connectivity index (χ3v) is 1.77. The number of benzene rings is 1. The van der Waals surface area contributed by atoms with Gasteiger partial charge in [-0.05, 0) is 13.0 Å². The van der Waals surface area contributed by atoms with Gasteiger partial charge >= 0.3 is 0 Å². The van der Waals surface area contributed by atoms with Gasteiger partial charge in [0.15, 0.2) is 5.78 Å². The number of ether oxygens (including phenoxy) is 1. The van der Waals surface area contributed by atoms with E-state index in [0.717, 1.165) is 6.07 Å². The summed E-state index contributed by atoms with van der Waals surface area (Å²) in [5.74, 6) is -0.973. The zero-order valence-electron chi connectivity index (χ0n) is 7.80. The SMILES string of the molecule is COc1cc(F)c(C(C)=O)c(C#N)c1. The molecule has 0 aliphatic carbocycles. The Labute approximate surface area is 80.7 Å². The van der Waals surface area contributed by atoms with E-state index < -0.39 is 11.6 Å². The molecule has 0 unspecified atom stereocenters.